The fourth-order valence-electron chi connectivity index (χ4n) is 3.59. The molecule has 0 spiro atoms. The molecule has 0 bridgehead atoms. The van der Waals surface area contributed by atoms with Crippen molar-refractivity contribution in [1.29, 1.82) is 0 Å². The Bertz CT molecular complexity index is 940. The maximum atomic E-state index is 13.1. The van der Waals surface area contributed by atoms with Crippen molar-refractivity contribution < 1.29 is 4.79 Å². The Morgan fingerprint density at radius 1 is 1.07 bits per heavy atom. The molecule has 1 amide bonds. The van der Waals surface area contributed by atoms with Crippen LogP contribution in [0.5, 0.6) is 0 Å². The Hall–Kier alpha value is -3.09. The summed E-state index contributed by atoms with van der Waals surface area (Å²) in [4.78, 5) is 19.5. The fourth-order valence-corrected chi connectivity index (χ4v) is 3.59. The highest BCUT2D eigenvalue weighted by atomic mass is 16.2. The normalized spacial score (nSPS) is 19.4. The summed E-state index contributed by atoms with van der Waals surface area (Å²) in [6.07, 6.45) is 3.76. The zero-order valence-corrected chi connectivity index (χ0v) is 15.7. The van der Waals surface area contributed by atoms with E-state index in [1.54, 1.807) is 16.9 Å². The number of carbonyl (C=O) groups excluding carboxylic acids is 1. The third-order valence-electron chi connectivity index (χ3n) is 5.04. The fraction of sp³-hybridized carbons (Fsp3) is 0.350. The Labute approximate surface area is 158 Å². The minimum absolute atomic E-state index is 0.0523. The Balaban J connectivity index is 1.80. The van der Waals surface area contributed by atoms with Crippen LogP contribution in [0.2, 0.25) is 0 Å². The lowest BCUT2D eigenvalue weighted by Crippen LogP contribution is -2.38. The van der Waals surface area contributed by atoms with Crippen LogP contribution in [0.3, 0.4) is 0 Å². The maximum absolute atomic E-state index is 13.1. The van der Waals surface area contributed by atoms with Gasteiger partial charge in [-0.1, -0.05) is 6.07 Å². The van der Waals surface area contributed by atoms with E-state index in [-0.39, 0.29) is 18.0 Å². The molecule has 0 saturated carbocycles. The largest absolute Gasteiger partial charge is 0.332 e. The van der Waals surface area contributed by atoms with Crippen molar-refractivity contribution in [2.75, 3.05) is 0 Å². The summed E-state index contributed by atoms with van der Waals surface area (Å²) in [6.45, 7) is 6.05. The number of likely N-dealkylation sites (tertiary alicyclic amines) is 1. The first-order valence-corrected chi connectivity index (χ1v) is 9.19. The van der Waals surface area contributed by atoms with E-state index in [9.17, 15) is 4.79 Å². The van der Waals surface area contributed by atoms with Crippen molar-refractivity contribution in [2.24, 2.45) is 0 Å². The van der Waals surface area contributed by atoms with Crippen molar-refractivity contribution >= 4 is 5.91 Å². The van der Waals surface area contributed by atoms with Crippen molar-refractivity contribution in [1.82, 2.24) is 29.9 Å². The van der Waals surface area contributed by atoms with E-state index < -0.39 is 0 Å². The van der Waals surface area contributed by atoms with Gasteiger partial charge in [-0.25, -0.2) is 4.68 Å². The van der Waals surface area contributed by atoms with E-state index in [2.05, 4.69) is 34.1 Å². The second-order valence-corrected chi connectivity index (χ2v) is 7.06. The molecule has 4 heterocycles. The molecule has 3 aromatic heterocycles. The molecule has 4 rings (SSSR count). The molecule has 2 unspecified atom stereocenters. The first kappa shape index (κ1) is 17.3. The molecule has 1 saturated heterocycles. The minimum atomic E-state index is -0.0523. The van der Waals surface area contributed by atoms with Crippen LogP contribution >= 0.6 is 0 Å². The van der Waals surface area contributed by atoms with E-state index in [1.165, 1.54) is 0 Å². The summed E-state index contributed by atoms with van der Waals surface area (Å²) >= 11 is 0. The molecular weight excluding hydrogens is 340 g/mol. The van der Waals surface area contributed by atoms with Crippen molar-refractivity contribution in [3.8, 4) is 17.2 Å². The van der Waals surface area contributed by atoms with Crippen LogP contribution < -0.4 is 0 Å². The molecule has 27 heavy (non-hydrogen) atoms. The molecule has 0 N–H and O–H groups in total. The summed E-state index contributed by atoms with van der Waals surface area (Å²) in [5.41, 5.74) is 2.67. The van der Waals surface area contributed by atoms with Crippen molar-refractivity contribution in [2.45, 2.75) is 45.7 Å². The summed E-state index contributed by atoms with van der Waals surface area (Å²) in [7, 11) is 0. The predicted octanol–water partition coefficient (Wildman–Crippen LogP) is 3.05. The van der Waals surface area contributed by atoms with Crippen LogP contribution in [0.4, 0.5) is 0 Å². The first-order valence-electron chi connectivity index (χ1n) is 9.19. The summed E-state index contributed by atoms with van der Waals surface area (Å²) in [6, 6.07) is 11.6. The molecule has 2 atom stereocenters. The molecule has 3 aromatic rings. The molecule has 0 aromatic carbocycles. The standard InChI is InChI=1S/C20H22N6O/c1-13-7-10-19(23-22-13)26-18(16-6-4-5-11-21-16)12-17(24-26)20(27)25-14(2)8-9-15(25)3/h4-7,10-12,14-15H,8-9H2,1-3H3. The zero-order chi connectivity index (χ0) is 19.0. The quantitative estimate of drug-likeness (QED) is 0.716. The third kappa shape index (κ3) is 3.20. The number of rotatable bonds is 3. The van der Waals surface area contributed by atoms with Gasteiger partial charge in [0.25, 0.3) is 5.91 Å². The van der Waals surface area contributed by atoms with Gasteiger partial charge in [-0.05, 0) is 63.9 Å². The predicted molar refractivity (Wildman–Crippen MR) is 101 cm³/mol. The minimum Gasteiger partial charge on any atom is -0.332 e. The lowest BCUT2D eigenvalue weighted by atomic mass is 10.2. The Kier molecular flexibility index (Phi) is 4.43. The van der Waals surface area contributed by atoms with Gasteiger partial charge in [0.15, 0.2) is 11.5 Å². The number of carbonyl (C=O) groups is 1. The molecule has 7 nitrogen and oxygen atoms in total. The van der Waals surface area contributed by atoms with Gasteiger partial charge in [0.1, 0.15) is 0 Å². The van der Waals surface area contributed by atoms with E-state index in [0.29, 0.717) is 11.5 Å². The molecule has 1 aliphatic heterocycles. The number of amides is 1. The number of aryl methyl sites for hydroxylation is 1. The summed E-state index contributed by atoms with van der Waals surface area (Å²) < 4.78 is 1.65. The lowest BCUT2D eigenvalue weighted by Gasteiger charge is -2.25. The van der Waals surface area contributed by atoms with E-state index in [4.69, 9.17) is 0 Å². The molecule has 0 radical (unpaired) electrons. The smallest absolute Gasteiger partial charge is 0.274 e. The van der Waals surface area contributed by atoms with Gasteiger partial charge in [0.05, 0.1) is 17.1 Å². The Morgan fingerprint density at radius 2 is 1.85 bits per heavy atom. The van der Waals surface area contributed by atoms with Crippen LogP contribution in [0, 0.1) is 6.92 Å². The Morgan fingerprint density at radius 3 is 2.48 bits per heavy atom. The molecular formula is C20H22N6O. The second kappa shape index (κ2) is 6.90. The molecule has 138 valence electrons. The lowest BCUT2D eigenvalue weighted by molar-refractivity contribution is 0.0686. The van der Waals surface area contributed by atoms with Gasteiger partial charge < -0.3 is 4.90 Å². The first-order chi connectivity index (χ1) is 13.0. The van der Waals surface area contributed by atoms with E-state index in [0.717, 1.165) is 29.9 Å². The summed E-state index contributed by atoms with van der Waals surface area (Å²) in [5, 5.41) is 12.9. The van der Waals surface area contributed by atoms with Gasteiger partial charge in [-0.15, -0.1) is 5.10 Å². The highest BCUT2D eigenvalue weighted by Crippen LogP contribution is 2.27. The number of hydrogen-bond acceptors (Lipinski definition) is 5. The monoisotopic (exact) mass is 362 g/mol. The van der Waals surface area contributed by atoms with Crippen LogP contribution in [0.25, 0.3) is 17.2 Å². The van der Waals surface area contributed by atoms with Crippen LogP contribution in [-0.2, 0) is 0 Å². The maximum Gasteiger partial charge on any atom is 0.274 e. The number of nitrogens with zero attached hydrogens (tertiary/aromatic N) is 6. The van der Waals surface area contributed by atoms with Crippen molar-refractivity contribution in [3.63, 3.8) is 0 Å². The second-order valence-electron chi connectivity index (χ2n) is 7.06. The highest BCUT2D eigenvalue weighted by Gasteiger charge is 2.33. The van der Waals surface area contributed by atoms with Gasteiger partial charge in [0.2, 0.25) is 0 Å². The third-order valence-corrected chi connectivity index (χ3v) is 5.04. The topological polar surface area (TPSA) is 76.8 Å². The van der Waals surface area contributed by atoms with Gasteiger partial charge in [-0.2, -0.15) is 10.2 Å². The SMILES string of the molecule is Cc1ccc(-n2nc(C(=O)N3C(C)CCC3C)cc2-c2ccccn2)nn1. The number of hydrogen-bond donors (Lipinski definition) is 0. The molecule has 0 aliphatic carbocycles. The summed E-state index contributed by atoms with van der Waals surface area (Å²) in [5.74, 6) is 0.506. The van der Waals surface area contributed by atoms with E-state index >= 15 is 0 Å². The zero-order valence-electron chi connectivity index (χ0n) is 15.7. The van der Waals surface area contributed by atoms with Gasteiger partial charge >= 0.3 is 0 Å². The van der Waals surface area contributed by atoms with Crippen molar-refractivity contribution in [3.05, 3.63) is 54.0 Å². The molecule has 1 fully saturated rings. The number of pyridine rings is 1. The number of aromatic nitrogens is 5. The molecule has 1 aliphatic rings. The van der Waals surface area contributed by atoms with E-state index in [1.807, 2.05) is 42.2 Å². The van der Waals surface area contributed by atoms with Crippen LogP contribution in [0.1, 0.15) is 42.9 Å². The average Bonchev–Trinajstić information content (AvgIpc) is 3.27. The van der Waals surface area contributed by atoms with Gasteiger partial charge in [-0.3, -0.25) is 9.78 Å². The van der Waals surface area contributed by atoms with Gasteiger partial charge in [0, 0.05) is 18.3 Å². The average molecular weight is 362 g/mol. The van der Waals surface area contributed by atoms with Crippen LogP contribution in [-0.4, -0.2) is 47.9 Å². The highest BCUT2D eigenvalue weighted by molar-refractivity contribution is 5.94. The molecule has 7 heteroatoms. The van der Waals surface area contributed by atoms with Crippen LogP contribution in [0.15, 0.2) is 42.6 Å².